The first-order valence-electron chi connectivity index (χ1n) is 5.40. The van der Waals surface area contributed by atoms with E-state index in [0.29, 0.717) is 0 Å². The molecule has 8 nitrogen and oxygen atoms in total. The van der Waals surface area contributed by atoms with Crippen molar-refractivity contribution in [1.82, 2.24) is 10.3 Å². The maximum absolute atomic E-state index is 12.0. The van der Waals surface area contributed by atoms with E-state index in [1.807, 2.05) is 0 Å². The molecular weight excluding hydrogens is 242 g/mol. The molecule has 8 heteroatoms. The molecule has 1 aliphatic rings. The van der Waals surface area contributed by atoms with Gasteiger partial charge in [0.1, 0.15) is 12.3 Å². The lowest BCUT2D eigenvalue weighted by molar-refractivity contribution is -0.142. The first-order valence-corrected chi connectivity index (χ1v) is 5.40. The molecular formula is C10H15N3O5. The molecule has 0 saturated carbocycles. The molecule has 1 rings (SSSR count). The number of hydrogen-bond donors (Lipinski definition) is 2. The number of carbonyl (C=O) groups is 3. The van der Waals surface area contributed by atoms with Gasteiger partial charge in [0, 0.05) is 26.5 Å². The Morgan fingerprint density at radius 1 is 1.50 bits per heavy atom. The summed E-state index contributed by atoms with van der Waals surface area (Å²) in [4.78, 5) is 34.7. The van der Waals surface area contributed by atoms with Crippen molar-refractivity contribution in [2.24, 2.45) is 5.10 Å². The molecule has 100 valence electrons. The highest BCUT2D eigenvalue weighted by molar-refractivity contribution is 6.39. The van der Waals surface area contributed by atoms with Gasteiger partial charge in [0.15, 0.2) is 0 Å². The van der Waals surface area contributed by atoms with E-state index in [4.69, 9.17) is 9.84 Å². The van der Waals surface area contributed by atoms with Crippen LogP contribution in [-0.2, 0) is 19.1 Å². The zero-order valence-corrected chi connectivity index (χ0v) is 10.0. The average Bonchev–Trinajstić information content (AvgIpc) is 2.34. The van der Waals surface area contributed by atoms with Crippen LogP contribution in [0.3, 0.4) is 0 Å². The Hall–Kier alpha value is -1.96. The summed E-state index contributed by atoms with van der Waals surface area (Å²) in [6.07, 6.45) is 0.392. The fourth-order valence-corrected chi connectivity index (χ4v) is 1.43. The van der Waals surface area contributed by atoms with Crippen LogP contribution in [-0.4, -0.2) is 60.3 Å². The molecule has 2 N–H and O–H groups in total. The van der Waals surface area contributed by atoms with Gasteiger partial charge in [0.25, 0.3) is 5.91 Å². The lowest BCUT2D eigenvalue weighted by Gasteiger charge is -2.22. The van der Waals surface area contributed by atoms with Gasteiger partial charge in [-0.15, -0.1) is 0 Å². The summed E-state index contributed by atoms with van der Waals surface area (Å²) in [5, 5.41) is 12.4. The Labute approximate surface area is 104 Å². The van der Waals surface area contributed by atoms with Crippen molar-refractivity contribution in [3.63, 3.8) is 0 Å². The first kappa shape index (κ1) is 14.1. The molecule has 0 aliphatic carbocycles. The van der Waals surface area contributed by atoms with Crippen LogP contribution in [0.25, 0.3) is 0 Å². The molecule has 0 fully saturated rings. The Morgan fingerprint density at radius 2 is 2.22 bits per heavy atom. The summed E-state index contributed by atoms with van der Waals surface area (Å²) in [6.45, 7) is -0.0254. The fraction of sp³-hybridized carbons (Fsp3) is 0.600. The van der Waals surface area contributed by atoms with Crippen molar-refractivity contribution in [3.8, 4) is 0 Å². The van der Waals surface area contributed by atoms with E-state index in [-0.39, 0.29) is 37.6 Å². The zero-order chi connectivity index (χ0) is 13.5. The van der Waals surface area contributed by atoms with Crippen LogP contribution >= 0.6 is 0 Å². The highest BCUT2D eigenvalue weighted by Crippen LogP contribution is 2.04. The number of hydrazone groups is 1. The standard InChI is InChI=1S/C10H15N3O5/c1-18-5-4-13(6-9(15)16)10(17)7-2-3-8(14)12-11-7/h2-6H2,1H3,(H,12,14)(H,15,16). The van der Waals surface area contributed by atoms with E-state index in [1.165, 1.54) is 7.11 Å². The number of hydrogen-bond acceptors (Lipinski definition) is 5. The second-order valence-electron chi connectivity index (χ2n) is 3.71. The molecule has 2 amide bonds. The molecule has 18 heavy (non-hydrogen) atoms. The molecule has 0 aromatic rings. The van der Waals surface area contributed by atoms with E-state index in [0.717, 1.165) is 4.90 Å². The Morgan fingerprint density at radius 3 is 2.72 bits per heavy atom. The van der Waals surface area contributed by atoms with E-state index in [2.05, 4.69) is 10.5 Å². The van der Waals surface area contributed by atoms with Crippen molar-refractivity contribution in [3.05, 3.63) is 0 Å². The van der Waals surface area contributed by atoms with Gasteiger partial charge in [-0.25, -0.2) is 5.43 Å². The molecule has 0 atom stereocenters. The minimum absolute atomic E-state index is 0.159. The second kappa shape index (κ2) is 6.70. The predicted octanol–water partition coefficient (Wildman–Crippen LogP) is -1.19. The number of carboxylic acid groups (broad SMARTS) is 1. The second-order valence-corrected chi connectivity index (χ2v) is 3.71. The fourth-order valence-electron chi connectivity index (χ4n) is 1.43. The number of rotatable bonds is 6. The normalized spacial score (nSPS) is 14.7. The van der Waals surface area contributed by atoms with Crippen LogP contribution in [0.15, 0.2) is 5.10 Å². The molecule has 1 aliphatic heterocycles. The minimum Gasteiger partial charge on any atom is -0.480 e. The van der Waals surface area contributed by atoms with Crippen LogP contribution in [0, 0.1) is 0 Å². The van der Waals surface area contributed by atoms with Crippen molar-refractivity contribution >= 4 is 23.5 Å². The van der Waals surface area contributed by atoms with Crippen LogP contribution in [0.4, 0.5) is 0 Å². The highest BCUT2D eigenvalue weighted by atomic mass is 16.5. The van der Waals surface area contributed by atoms with Gasteiger partial charge in [-0.05, 0) is 0 Å². The summed E-state index contributed by atoms with van der Waals surface area (Å²) < 4.78 is 4.81. The molecule has 0 aromatic heterocycles. The molecule has 0 aromatic carbocycles. The van der Waals surface area contributed by atoms with Crippen LogP contribution in [0.2, 0.25) is 0 Å². The Kier molecular flexibility index (Phi) is 5.25. The summed E-state index contributed by atoms with van der Waals surface area (Å²) in [5.41, 5.74) is 2.36. The number of methoxy groups -OCH3 is 1. The van der Waals surface area contributed by atoms with E-state index in [1.54, 1.807) is 0 Å². The van der Waals surface area contributed by atoms with Crippen LogP contribution in [0.1, 0.15) is 12.8 Å². The summed E-state index contributed by atoms with van der Waals surface area (Å²) in [6, 6.07) is 0. The highest BCUT2D eigenvalue weighted by Gasteiger charge is 2.24. The van der Waals surface area contributed by atoms with Gasteiger partial charge >= 0.3 is 5.97 Å². The number of amides is 2. The Bertz CT molecular complexity index is 380. The van der Waals surface area contributed by atoms with Crippen molar-refractivity contribution in [2.75, 3.05) is 26.8 Å². The van der Waals surface area contributed by atoms with Gasteiger partial charge in [0.05, 0.1) is 6.61 Å². The molecule has 1 heterocycles. The van der Waals surface area contributed by atoms with Gasteiger partial charge in [-0.3, -0.25) is 14.4 Å². The quantitative estimate of drug-likeness (QED) is 0.622. The van der Waals surface area contributed by atoms with Crippen molar-refractivity contribution in [2.45, 2.75) is 12.8 Å². The van der Waals surface area contributed by atoms with E-state index < -0.39 is 18.4 Å². The molecule has 0 spiro atoms. The number of carboxylic acids is 1. The number of carbonyl (C=O) groups excluding carboxylic acids is 2. The minimum atomic E-state index is -1.11. The summed E-state index contributed by atoms with van der Waals surface area (Å²) in [7, 11) is 1.46. The summed E-state index contributed by atoms with van der Waals surface area (Å²) >= 11 is 0. The maximum atomic E-state index is 12.0. The Balaban J connectivity index is 2.68. The smallest absolute Gasteiger partial charge is 0.323 e. The molecule has 0 unspecified atom stereocenters. The van der Waals surface area contributed by atoms with Gasteiger partial charge < -0.3 is 14.7 Å². The summed E-state index contributed by atoms with van der Waals surface area (Å²) in [5.74, 6) is -1.86. The van der Waals surface area contributed by atoms with Gasteiger partial charge in [-0.1, -0.05) is 0 Å². The van der Waals surface area contributed by atoms with Crippen LogP contribution < -0.4 is 5.43 Å². The van der Waals surface area contributed by atoms with E-state index in [9.17, 15) is 14.4 Å². The predicted molar refractivity (Wildman–Crippen MR) is 60.9 cm³/mol. The average molecular weight is 257 g/mol. The third kappa shape index (κ3) is 4.13. The van der Waals surface area contributed by atoms with Crippen LogP contribution in [0.5, 0.6) is 0 Å². The van der Waals surface area contributed by atoms with Crippen molar-refractivity contribution in [1.29, 1.82) is 0 Å². The van der Waals surface area contributed by atoms with E-state index >= 15 is 0 Å². The van der Waals surface area contributed by atoms with Gasteiger partial charge in [0.2, 0.25) is 5.91 Å². The maximum Gasteiger partial charge on any atom is 0.323 e. The van der Waals surface area contributed by atoms with Gasteiger partial charge in [-0.2, -0.15) is 5.10 Å². The zero-order valence-electron chi connectivity index (χ0n) is 10.0. The number of nitrogens with one attached hydrogen (secondary N) is 1. The molecule has 0 saturated heterocycles. The lowest BCUT2D eigenvalue weighted by atomic mass is 10.1. The topological polar surface area (TPSA) is 108 Å². The number of ether oxygens (including phenoxy) is 1. The third-order valence-electron chi connectivity index (χ3n) is 2.33. The molecule has 0 bridgehead atoms. The lowest BCUT2D eigenvalue weighted by Crippen LogP contribution is -2.44. The first-order chi connectivity index (χ1) is 8.54. The number of nitrogens with zero attached hydrogens (tertiary/aromatic N) is 2. The SMILES string of the molecule is COCCN(CC(=O)O)C(=O)C1=NNC(=O)CC1. The number of aliphatic carboxylic acids is 1. The third-order valence-corrected chi connectivity index (χ3v) is 2.33. The largest absolute Gasteiger partial charge is 0.480 e. The van der Waals surface area contributed by atoms with Crippen molar-refractivity contribution < 1.29 is 24.2 Å². The monoisotopic (exact) mass is 257 g/mol. The molecule has 0 radical (unpaired) electrons.